The van der Waals surface area contributed by atoms with Crippen LogP contribution in [-0.4, -0.2) is 27.6 Å². The van der Waals surface area contributed by atoms with Gasteiger partial charge in [0, 0.05) is 23.7 Å². The lowest BCUT2D eigenvalue weighted by molar-refractivity contribution is 0.281. The molecule has 0 saturated carbocycles. The molecule has 0 aliphatic carbocycles. The minimum atomic E-state index is -3.76. The molecule has 0 spiro atoms. The van der Waals surface area contributed by atoms with Gasteiger partial charge in [-0.2, -0.15) is 0 Å². The third kappa shape index (κ3) is 6.13. The Morgan fingerprint density at radius 1 is 1.20 bits per heavy atom. The second kappa shape index (κ2) is 8.82. The summed E-state index contributed by atoms with van der Waals surface area (Å²) < 4.78 is 45.3. The van der Waals surface area contributed by atoms with Crippen LogP contribution in [-0.2, 0) is 10.0 Å². The maximum atomic E-state index is 13.0. The zero-order valence-electron chi connectivity index (χ0n) is 13.1. The Kier molecular flexibility index (Phi) is 7.04. The van der Waals surface area contributed by atoms with E-state index in [2.05, 4.69) is 4.72 Å². The maximum Gasteiger partial charge on any atom is 0.242 e. The van der Waals surface area contributed by atoms with Crippen molar-refractivity contribution in [3.8, 4) is 5.75 Å². The van der Waals surface area contributed by atoms with Gasteiger partial charge in [-0.05, 0) is 36.8 Å². The number of halogens is 3. The standard InChI is InChI=1S/C16H17Cl2FN2O3S/c17-11-4-5-16(15(18)8-11)25(22,23)21-7-6-13(20)10-24-14-3-1-2-12(19)9-14/h1-5,8-9,13,21H,6-7,10,20H2. The summed E-state index contributed by atoms with van der Waals surface area (Å²) in [5.74, 6) is -0.0392. The van der Waals surface area contributed by atoms with Crippen molar-refractivity contribution in [3.63, 3.8) is 0 Å². The van der Waals surface area contributed by atoms with Crippen LogP contribution in [0.15, 0.2) is 47.4 Å². The molecule has 0 fully saturated rings. The van der Waals surface area contributed by atoms with Crippen LogP contribution in [0.5, 0.6) is 5.75 Å². The number of hydrogen-bond donors (Lipinski definition) is 2. The van der Waals surface area contributed by atoms with Crippen molar-refractivity contribution in [3.05, 3.63) is 58.3 Å². The van der Waals surface area contributed by atoms with Crippen LogP contribution >= 0.6 is 23.2 Å². The molecule has 0 saturated heterocycles. The first kappa shape index (κ1) is 19.9. The predicted molar refractivity (Wildman–Crippen MR) is 96.1 cm³/mol. The molecule has 2 rings (SSSR count). The van der Waals surface area contributed by atoms with Crippen LogP contribution in [0, 0.1) is 5.82 Å². The number of benzene rings is 2. The highest BCUT2D eigenvalue weighted by molar-refractivity contribution is 7.89. The summed E-state index contributed by atoms with van der Waals surface area (Å²) in [6.07, 6.45) is 0.333. The largest absolute Gasteiger partial charge is 0.492 e. The van der Waals surface area contributed by atoms with Crippen LogP contribution in [0.4, 0.5) is 4.39 Å². The topological polar surface area (TPSA) is 81.4 Å². The lowest BCUT2D eigenvalue weighted by Crippen LogP contribution is -2.34. The fraction of sp³-hybridized carbons (Fsp3) is 0.250. The summed E-state index contributed by atoms with van der Waals surface area (Å²) in [6, 6.07) is 9.41. The third-order valence-electron chi connectivity index (χ3n) is 3.25. The molecule has 0 aliphatic heterocycles. The van der Waals surface area contributed by atoms with Gasteiger partial charge in [0.15, 0.2) is 0 Å². The first-order chi connectivity index (χ1) is 11.8. The molecular weight excluding hydrogens is 390 g/mol. The zero-order chi connectivity index (χ0) is 18.4. The fourth-order valence-corrected chi connectivity index (χ4v) is 3.81. The molecule has 1 unspecified atom stereocenters. The minimum absolute atomic E-state index is 0.0405. The number of ether oxygens (including phenoxy) is 1. The quantitative estimate of drug-likeness (QED) is 0.704. The van der Waals surface area contributed by atoms with Gasteiger partial charge in [0.2, 0.25) is 10.0 Å². The molecule has 5 nitrogen and oxygen atoms in total. The minimum Gasteiger partial charge on any atom is -0.492 e. The van der Waals surface area contributed by atoms with Gasteiger partial charge in [-0.15, -0.1) is 0 Å². The van der Waals surface area contributed by atoms with E-state index < -0.39 is 21.9 Å². The van der Waals surface area contributed by atoms with Gasteiger partial charge in [-0.25, -0.2) is 17.5 Å². The van der Waals surface area contributed by atoms with E-state index in [0.717, 1.165) is 0 Å². The summed E-state index contributed by atoms with van der Waals surface area (Å²) in [6.45, 7) is 0.238. The fourth-order valence-electron chi connectivity index (χ4n) is 1.99. The molecule has 25 heavy (non-hydrogen) atoms. The van der Waals surface area contributed by atoms with Crippen LogP contribution in [0.25, 0.3) is 0 Å². The van der Waals surface area contributed by atoms with Crippen molar-refractivity contribution in [1.82, 2.24) is 4.72 Å². The molecule has 9 heteroatoms. The lowest BCUT2D eigenvalue weighted by atomic mass is 10.2. The third-order valence-corrected chi connectivity index (χ3v) is 5.43. The number of sulfonamides is 1. The number of nitrogens with one attached hydrogen (secondary N) is 1. The smallest absolute Gasteiger partial charge is 0.242 e. The zero-order valence-corrected chi connectivity index (χ0v) is 15.4. The highest BCUT2D eigenvalue weighted by atomic mass is 35.5. The highest BCUT2D eigenvalue weighted by Crippen LogP contribution is 2.24. The first-order valence-electron chi connectivity index (χ1n) is 7.36. The summed E-state index contributed by atoms with van der Waals surface area (Å²) >= 11 is 11.7. The van der Waals surface area contributed by atoms with Crippen molar-refractivity contribution in [2.45, 2.75) is 17.4 Å². The molecule has 0 aromatic heterocycles. The lowest BCUT2D eigenvalue weighted by Gasteiger charge is -2.14. The Balaban J connectivity index is 1.82. The second-order valence-corrected chi connectivity index (χ2v) is 7.87. The molecule has 136 valence electrons. The van der Waals surface area contributed by atoms with E-state index in [1.165, 1.54) is 36.4 Å². The highest BCUT2D eigenvalue weighted by Gasteiger charge is 2.18. The van der Waals surface area contributed by atoms with Gasteiger partial charge >= 0.3 is 0 Å². The molecule has 1 atom stereocenters. The average Bonchev–Trinajstić information content (AvgIpc) is 2.52. The molecule has 3 N–H and O–H groups in total. The van der Waals surface area contributed by atoms with E-state index >= 15 is 0 Å². The molecular formula is C16H17Cl2FN2O3S. The molecule has 0 radical (unpaired) electrons. The van der Waals surface area contributed by atoms with Crippen LogP contribution in [0.3, 0.4) is 0 Å². The molecule has 0 amide bonds. The summed E-state index contributed by atoms with van der Waals surface area (Å²) in [5.41, 5.74) is 5.88. The summed E-state index contributed by atoms with van der Waals surface area (Å²) in [4.78, 5) is -0.0526. The van der Waals surface area contributed by atoms with E-state index in [1.807, 2.05) is 0 Å². The summed E-state index contributed by atoms with van der Waals surface area (Å²) in [7, 11) is -3.76. The molecule has 2 aromatic rings. The number of nitrogens with two attached hydrogens (primary N) is 1. The number of rotatable bonds is 8. The average molecular weight is 407 g/mol. The van der Waals surface area contributed by atoms with Crippen LogP contribution in [0.1, 0.15) is 6.42 Å². The van der Waals surface area contributed by atoms with Gasteiger partial charge in [0.05, 0.1) is 5.02 Å². The van der Waals surface area contributed by atoms with Gasteiger partial charge in [-0.1, -0.05) is 29.3 Å². The Morgan fingerprint density at radius 3 is 2.64 bits per heavy atom. The van der Waals surface area contributed by atoms with Crippen molar-refractivity contribution in [2.75, 3.05) is 13.2 Å². The van der Waals surface area contributed by atoms with Gasteiger partial charge in [-0.3, -0.25) is 0 Å². The molecule has 0 aliphatic rings. The Hall–Kier alpha value is -1.38. The monoisotopic (exact) mass is 406 g/mol. The molecule has 2 aromatic carbocycles. The van der Waals surface area contributed by atoms with E-state index in [1.54, 1.807) is 6.07 Å². The van der Waals surface area contributed by atoms with E-state index in [-0.39, 0.29) is 23.1 Å². The van der Waals surface area contributed by atoms with E-state index in [0.29, 0.717) is 17.2 Å². The molecule has 0 heterocycles. The van der Waals surface area contributed by atoms with E-state index in [4.69, 9.17) is 33.7 Å². The Morgan fingerprint density at radius 2 is 1.96 bits per heavy atom. The number of hydrogen-bond acceptors (Lipinski definition) is 4. The Bertz CT molecular complexity index is 834. The predicted octanol–water partition coefficient (Wildman–Crippen LogP) is 3.21. The second-order valence-electron chi connectivity index (χ2n) is 5.29. The Labute approximate surface area is 155 Å². The van der Waals surface area contributed by atoms with Crippen molar-refractivity contribution >= 4 is 33.2 Å². The van der Waals surface area contributed by atoms with Gasteiger partial charge in [0.1, 0.15) is 23.1 Å². The van der Waals surface area contributed by atoms with Crippen LogP contribution in [0.2, 0.25) is 10.0 Å². The van der Waals surface area contributed by atoms with Gasteiger partial charge < -0.3 is 10.5 Å². The van der Waals surface area contributed by atoms with Crippen molar-refractivity contribution in [1.29, 1.82) is 0 Å². The van der Waals surface area contributed by atoms with Crippen molar-refractivity contribution < 1.29 is 17.5 Å². The van der Waals surface area contributed by atoms with E-state index in [9.17, 15) is 12.8 Å². The normalized spacial score (nSPS) is 12.8. The van der Waals surface area contributed by atoms with Gasteiger partial charge in [0.25, 0.3) is 0 Å². The van der Waals surface area contributed by atoms with Crippen LogP contribution < -0.4 is 15.2 Å². The molecule has 0 bridgehead atoms. The summed E-state index contributed by atoms with van der Waals surface area (Å²) in [5, 5.41) is 0.388. The SMILES string of the molecule is NC(CCNS(=O)(=O)c1ccc(Cl)cc1Cl)COc1cccc(F)c1. The first-order valence-corrected chi connectivity index (χ1v) is 9.60. The maximum absolute atomic E-state index is 13.0. The van der Waals surface area contributed by atoms with Crippen molar-refractivity contribution in [2.24, 2.45) is 5.73 Å².